The van der Waals surface area contributed by atoms with Crippen LogP contribution in [0.5, 0.6) is 5.75 Å². The average Bonchev–Trinajstić information content (AvgIpc) is 2.35. The molecule has 1 aliphatic rings. The smallest absolute Gasteiger partial charge is 0.333 e. The molecule has 1 aromatic carbocycles. The number of ether oxygens (including phenoxy) is 1. The van der Waals surface area contributed by atoms with Crippen LogP contribution >= 0.6 is 0 Å². The van der Waals surface area contributed by atoms with Crippen LogP contribution < -0.4 is 10.1 Å². The molecular formula is C14H18N2O5. The first-order valence-corrected chi connectivity index (χ1v) is 6.87. The van der Waals surface area contributed by atoms with Crippen molar-refractivity contribution in [2.75, 3.05) is 11.9 Å². The average molecular weight is 294 g/mol. The van der Waals surface area contributed by atoms with Gasteiger partial charge in [0.1, 0.15) is 5.69 Å². The summed E-state index contributed by atoms with van der Waals surface area (Å²) in [5.41, 5.74) is -0.426. The lowest BCUT2D eigenvalue weighted by Crippen LogP contribution is -2.46. The van der Waals surface area contributed by atoms with E-state index in [0.717, 1.165) is 6.42 Å². The minimum atomic E-state index is -0.911. The standard InChI is InChI=1S/C14H18N2O5/c1-2-21-11-6-3-5-10(13(11)16(19)20)15-14(7-4-8-14)9-12(17)18/h3,5-6,15H,2,4,7-9H2,1H3,(H,17,18). The first-order chi connectivity index (χ1) is 9.97. The molecule has 1 aromatic rings. The summed E-state index contributed by atoms with van der Waals surface area (Å²) < 4.78 is 5.29. The largest absolute Gasteiger partial charge is 0.487 e. The third kappa shape index (κ3) is 3.24. The molecule has 2 rings (SSSR count). The Morgan fingerprint density at radius 3 is 2.71 bits per heavy atom. The lowest BCUT2D eigenvalue weighted by Gasteiger charge is -2.42. The normalized spacial score (nSPS) is 15.9. The van der Waals surface area contributed by atoms with E-state index in [1.807, 2.05) is 0 Å². The number of carboxylic acid groups (broad SMARTS) is 1. The van der Waals surface area contributed by atoms with Gasteiger partial charge in [0, 0.05) is 5.54 Å². The van der Waals surface area contributed by atoms with Crippen molar-refractivity contribution in [3.05, 3.63) is 28.3 Å². The van der Waals surface area contributed by atoms with E-state index in [0.29, 0.717) is 25.1 Å². The maximum atomic E-state index is 11.3. The molecule has 0 unspecified atom stereocenters. The highest BCUT2D eigenvalue weighted by Gasteiger charge is 2.40. The SMILES string of the molecule is CCOc1cccc(NC2(CC(=O)O)CCC2)c1[N+](=O)[O-]. The monoisotopic (exact) mass is 294 g/mol. The van der Waals surface area contributed by atoms with Crippen molar-refractivity contribution < 1.29 is 19.6 Å². The topological polar surface area (TPSA) is 102 Å². The van der Waals surface area contributed by atoms with Crippen molar-refractivity contribution in [1.82, 2.24) is 0 Å². The molecule has 21 heavy (non-hydrogen) atoms. The van der Waals surface area contributed by atoms with Gasteiger partial charge in [0.25, 0.3) is 0 Å². The van der Waals surface area contributed by atoms with Crippen molar-refractivity contribution in [2.24, 2.45) is 0 Å². The molecular weight excluding hydrogens is 276 g/mol. The number of carboxylic acids is 1. The van der Waals surface area contributed by atoms with Crippen LogP contribution in [-0.4, -0.2) is 28.1 Å². The van der Waals surface area contributed by atoms with Crippen LogP contribution in [-0.2, 0) is 4.79 Å². The minimum Gasteiger partial charge on any atom is -0.487 e. The number of hydrogen-bond acceptors (Lipinski definition) is 5. The van der Waals surface area contributed by atoms with Gasteiger partial charge in [-0.05, 0) is 38.3 Å². The van der Waals surface area contributed by atoms with E-state index in [2.05, 4.69) is 5.32 Å². The van der Waals surface area contributed by atoms with Crippen molar-refractivity contribution in [2.45, 2.75) is 38.1 Å². The van der Waals surface area contributed by atoms with Gasteiger partial charge in [-0.1, -0.05) is 6.07 Å². The molecule has 1 saturated carbocycles. The van der Waals surface area contributed by atoms with Gasteiger partial charge in [-0.25, -0.2) is 0 Å². The third-order valence-electron chi connectivity index (χ3n) is 3.68. The van der Waals surface area contributed by atoms with Gasteiger partial charge in [0.05, 0.1) is 18.0 Å². The van der Waals surface area contributed by atoms with Gasteiger partial charge in [0.15, 0.2) is 5.75 Å². The number of benzene rings is 1. The van der Waals surface area contributed by atoms with Crippen LogP contribution in [0.4, 0.5) is 11.4 Å². The molecule has 114 valence electrons. The number of nitro benzene ring substituents is 1. The zero-order valence-corrected chi connectivity index (χ0v) is 11.8. The first-order valence-electron chi connectivity index (χ1n) is 6.87. The number of nitro groups is 1. The zero-order chi connectivity index (χ0) is 15.5. The highest BCUT2D eigenvalue weighted by atomic mass is 16.6. The molecule has 1 fully saturated rings. The van der Waals surface area contributed by atoms with Crippen LogP contribution in [0.2, 0.25) is 0 Å². The molecule has 0 saturated heterocycles. The Labute approximate surface area is 122 Å². The lowest BCUT2D eigenvalue weighted by molar-refractivity contribution is -0.385. The number of anilines is 1. The Bertz CT molecular complexity index is 554. The fourth-order valence-corrected chi connectivity index (χ4v) is 2.61. The van der Waals surface area contributed by atoms with Crippen LogP contribution in [0.15, 0.2) is 18.2 Å². The molecule has 7 nitrogen and oxygen atoms in total. The van der Waals surface area contributed by atoms with E-state index >= 15 is 0 Å². The maximum Gasteiger partial charge on any atom is 0.333 e. The molecule has 0 radical (unpaired) electrons. The van der Waals surface area contributed by atoms with E-state index < -0.39 is 16.4 Å². The van der Waals surface area contributed by atoms with E-state index in [-0.39, 0.29) is 17.9 Å². The highest BCUT2D eigenvalue weighted by molar-refractivity contribution is 5.73. The summed E-state index contributed by atoms with van der Waals surface area (Å²) in [7, 11) is 0. The molecule has 0 amide bonds. The minimum absolute atomic E-state index is 0.0526. The molecule has 0 aromatic heterocycles. The summed E-state index contributed by atoms with van der Waals surface area (Å²) in [4.78, 5) is 21.8. The number of rotatable bonds is 7. The van der Waals surface area contributed by atoms with Crippen molar-refractivity contribution in [1.29, 1.82) is 0 Å². The number of nitrogens with zero attached hydrogens (tertiary/aromatic N) is 1. The predicted molar refractivity (Wildman–Crippen MR) is 76.7 cm³/mol. The van der Waals surface area contributed by atoms with E-state index in [1.165, 1.54) is 6.07 Å². The second-order valence-electron chi connectivity index (χ2n) is 5.17. The summed E-state index contributed by atoms with van der Waals surface area (Å²) >= 11 is 0. The second kappa shape index (κ2) is 5.99. The van der Waals surface area contributed by atoms with Crippen LogP contribution in [0.3, 0.4) is 0 Å². The van der Waals surface area contributed by atoms with Gasteiger partial charge in [-0.3, -0.25) is 14.9 Å². The van der Waals surface area contributed by atoms with Gasteiger partial charge in [-0.15, -0.1) is 0 Å². The van der Waals surface area contributed by atoms with E-state index in [1.54, 1.807) is 19.1 Å². The Morgan fingerprint density at radius 1 is 1.52 bits per heavy atom. The fraction of sp³-hybridized carbons (Fsp3) is 0.500. The summed E-state index contributed by atoms with van der Waals surface area (Å²) in [6.07, 6.45) is 2.24. The summed E-state index contributed by atoms with van der Waals surface area (Å²) in [5.74, 6) is -0.719. The summed E-state index contributed by atoms with van der Waals surface area (Å²) in [6, 6.07) is 4.79. The molecule has 0 heterocycles. The highest BCUT2D eigenvalue weighted by Crippen LogP contribution is 2.42. The Kier molecular flexibility index (Phi) is 4.30. The molecule has 1 aliphatic carbocycles. The Balaban J connectivity index is 2.32. The number of carbonyl (C=O) groups is 1. The predicted octanol–water partition coefficient (Wildman–Crippen LogP) is 2.80. The molecule has 0 aliphatic heterocycles. The van der Waals surface area contributed by atoms with Crippen LogP contribution in [0.1, 0.15) is 32.6 Å². The first kappa shape index (κ1) is 15.1. The number of nitrogens with one attached hydrogen (secondary N) is 1. The van der Waals surface area contributed by atoms with Gasteiger partial charge < -0.3 is 15.2 Å². The molecule has 0 bridgehead atoms. The van der Waals surface area contributed by atoms with Gasteiger partial charge >= 0.3 is 11.7 Å². The lowest BCUT2D eigenvalue weighted by atomic mass is 9.74. The summed E-state index contributed by atoms with van der Waals surface area (Å²) in [5, 5.41) is 23.4. The number of hydrogen-bond donors (Lipinski definition) is 2. The number of para-hydroxylation sites is 1. The van der Waals surface area contributed by atoms with E-state index in [9.17, 15) is 14.9 Å². The quantitative estimate of drug-likeness (QED) is 0.592. The zero-order valence-electron chi connectivity index (χ0n) is 11.8. The molecule has 0 atom stereocenters. The number of aliphatic carboxylic acids is 1. The van der Waals surface area contributed by atoms with Crippen LogP contribution in [0.25, 0.3) is 0 Å². The third-order valence-corrected chi connectivity index (χ3v) is 3.68. The van der Waals surface area contributed by atoms with E-state index in [4.69, 9.17) is 9.84 Å². The maximum absolute atomic E-state index is 11.3. The van der Waals surface area contributed by atoms with Crippen molar-refractivity contribution in [3.8, 4) is 5.75 Å². The van der Waals surface area contributed by atoms with Gasteiger partial charge in [-0.2, -0.15) is 0 Å². The van der Waals surface area contributed by atoms with Crippen molar-refractivity contribution in [3.63, 3.8) is 0 Å². The van der Waals surface area contributed by atoms with Gasteiger partial charge in [0.2, 0.25) is 0 Å². The van der Waals surface area contributed by atoms with Crippen LogP contribution in [0, 0.1) is 10.1 Å². The molecule has 0 spiro atoms. The summed E-state index contributed by atoms with van der Waals surface area (Å²) in [6.45, 7) is 2.08. The van der Waals surface area contributed by atoms with Crippen molar-refractivity contribution >= 4 is 17.3 Å². The molecule has 7 heteroatoms. The molecule has 2 N–H and O–H groups in total. The fourth-order valence-electron chi connectivity index (χ4n) is 2.61. The Hall–Kier alpha value is -2.31. The Morgan fingerprint density at radius 2 is 2.24 bits per heavy atom. The second-order valence-corrected chi connectivity index (χ2v) is 5.17.